The summed E-state index contributed by atoms with van der Waals surface area (Å²) in [7, 11) is 0. The fourth-order valence-corrected chi connectivity index (χ4v) is 6.30. The van der Waals surface area contributed by atoms with Gasteiger partial charge in [0, 0.05) is 4.88 Å². The Morgan fingerprint density at radius 3 is 2.48 bits per heavy atom. The standard InChI is InChI=1S/C22H27NO5S/c1-2-11-28-22(27)18-14-5-3-4-6-15(14)29-20(18)23-19(24)16-12-7-9-13(10-8-12)17(16)21(25)26/h7,9,12-13,16-17H,2-6,8,10-11H2,1H3,(H,23,24)(H,25,26)/t12-,13-,16+,17-/m0/s1. The number of carbonyl (C=O) groups excluding carboxylic acids is 2. The number of allylic oxidation sites excluding steroid dienone is 2. The lowest BCUT2D eigenvalue weighted by Gasteiger charge is -2.41. The highest BCUT2D eigenvalue weighted by Crippen LogP contribution is 2.46. The molecule has 0 saturated heterocycles. The zero-order chi connectivity index (χ0) is 20.5. The molecule has 0 aliphatic heterocycles. The number of aliphatic carboxylic acids is 1. The van der Waals surface area contributed by atoms with Gasteiger partial charge in [-0.05, 0) is 62.3 Å². The van der Waals surface area contributed by atoms with Gasteiger partial charge >= 0.3 is 11.9 Å². The molecule has 1 aromatic rings. The van der Waals surface area contributed by atoms with Gasteiger partial charge in [-0.2, -0.15) is 0 Å². The molecule has 1 amide bonds. The number of esters is 1. The average molecular weight is 418 g/mol. The number of carboxylic acids is 1. The number of hydrogen-bond donors (Lipinski definition) is 2. The van der Waals surface area contributed by atoms with Gasteiger partial charge < -0.3 is 15.2 Å². The second-order valence-corrected chi connectivity index (χ2v) is 9.33. The minimum atomic E-state index is -0.919. The van der Waals surface area contributed by atoms with Crippen LogP contribution in [0.2, 0.25) is 0 Å². The van der Waals surface area contributed by atoms with E-state index in [4.69, 9.17) is 4.74 Å². The molecule has 5 rings (SSSR count). The molecule has 1 saturated carbocycles. The topological polar surface area (TPSA) is 92.7 Å². The Kier molecular flexibility index (Phi) is 5.76. The molecule has 1 heterocycles. The molecule has 0 unspecified atom stereocenters. The van der Waals surface area contributed by atoms with Crippen LogP contribution in [0.1, 0.15) is 59.8 Å². The number of anilines is 1. The van der Waals surface area contributed by atoms with Gasteiger partial charge in [-0.25, -0.2) is 4.79 Å². The first-order chi connectivity index (χ1) is 14.0. The summed E-state index contributed by atoms with van der Waals surface area (Å²) in [6.45, 7) is 2.28. The first-order valence-corrected chi connectivity index (χ1v) is 11.4. The van der Waals surface area contributed by atoms with Gasteiger partial charge in [-0.3, -0.25) is 9.59 Å². The highest BCUT2D eigenvalue weighted by atomic mass is 32.1. The molecule has 0 aromatic carbocycles. The number of fused-ring (bicyclic) bond motifs is 3. The zero-order valence-electron chi connectivity index (χ0n) is 16.6. The summed E-state index contributed by atoms with van der Waals surface area (Å²) in [5.74, 6) is -3.07. The lowest BCUT2D eigenvalue weighted by Crippen LogP contribution is -2.47. The van der Waals surface area contributed by atoms with Crippen LogP contribution in [0.15, 0.2) is 12.2 Å². The average Bonchev–Trinajstić information content (AvgIpc) is 3.09. The Morgan fingerprint density at radius 1 is 1.14 bits per heavy atom. The van der Waals surface area contributed by atoms with Crippen LogP contribution in [0.4, 0.5) is 5.00 Å². The molecule has 4 aliphatic carbocycles. The molecule has 6 nitrogen and oxygen atoms in total. The Balaban J connectivity index is 1.62. The minimum absolute atomic E-state index is 0.0637. The molecule has 1 aromatic heterocycles. The maximum Gasteiger partial charge on any atom is 0.341 e. The van der Waals surface area contributed by atoms with E-state index in [1.165, 1.54) is 11.3 Å². The van der Waals surface area contributed by atoms with Crippen LogP contribution in [0, 0.1) is 23.7 Å². The molecule has 1 fully saturated rings. The van der Waals surface area contributed by atoms with Crippen LogP contribution in [-0.2, 0) is 27.2 Å². The van der Waals surface area contributed by atoms with E-state index in [0.717, 1.165) is 55.4 Å². The lowest BCUT2D eigenvalue weighted by atomic mass is 9.62. The van der Waals surface area contributed by atoms with Gasteiger partial charge in [0.2, 0.25) is 5.91 Å². The first-order valence-electron chi connectivity index (χ1n) is 10.5. The van der Waals surface area contributed by atoms with Crippen molar-refractivity contribution in [3.05, 3.63) is 28.2 Å². The largest absolute Gasteiger partial charge is 0.481 e. The number of thiophene rings is 1. The Morgan fingerprint density at radius 2 is 1.83 bits per heavy atom. The van der Waals surface area contributed by atoms with Gasteiger partial charge in [0.25, 0.3) is 0 Å². The van der Waals surface area contributed by atoms with Crippen molar-refractivity contribution in [2.45, 2.75) is 51.9 Å². The van der Waals surface area contributed by atoms with Crippen molar-refractivity contribution in [2.75, 3.05) is 11.9 Å². The van der Waals surface area contributed by atoms with Crippen LogP contribution >= 0.6 is 11.3 Å². The Labute approximate surface area is 174 Å². The van der Waals surface area contributed by atoms with Crippen molar-refractivity contribution in [2.24, 2.45) is 23.7 Å². The van der Waals surface area contributed by atoms with E-state index >= 15 is 0 Å². The van der Waals surface area contributed by atoms with Crippen LogP contribution in [0.5, 0.6) is 0 Å². The van der Waals surface area contributed by atoms with E-state index in [1.54, 1.807) is 0 Å². The Bertz CT molecular complexity index is 858. The van der Waals surface area contributed by atoms with Crippen LogP contribution in [-0.4, -0.2) is 29.6 Å². The van der Waals surface area contributed by atoms with E-state index in [-0.39, 0.29) is 23.7 Å². The quantitative estimate of drug-likeness (QED) is 0.538. The van der Waals surface area contributed by atoms with Crippen molar-refractivity contribution in [3.63, 3.8) is 0 Å². The van der Waals surface area contributed by atoms with Gasteiger partial charge in [0.1, 0.15) is 5.00 Å². The predicted molar refractivity (Wildman–Crippen MR) is 110 cm³/mol. The van der Waals surface area contributed by atoms with Gasteiger partial charge in [-0.1, -0.05) is 19.1 Å². The SMILES string of the molecule is CCCOC(=O)c1c(NC(=O)[C@H]2[C@@H](C(=O)O)[C@H]3C=C[C@H]2CC3)sc2c1CCCC2. The van der Waals surface area contributed by atoms with Gasteiger partial charge in [-0.15, -0.1) is 11.3 Å². The zero-order valence-corrected chi connectivity index (χ0v) is 17.4. The van der Waals surface area contributed by atoms with Crippen LogP contribution in [0.3, 0.4) is 0 Å². The van der Waals surface area contributed by atoms with Crippen molar-refractivity contribution in [1.29, 1.82) is 0 Å². The second-order valence-electron chi connectivity index (χ2n) is 8.22. The molecule has 4 aliphatic rings. The number of amides is 1. The van der Waals surface area contributed by atoms with Crippen molar-refractivity contribution < 1.29 is 24.2 Å². The molecule has 7 heteroatoms. The molecule has 29 heavy (non-hydrogen) atoms. The van der Waals surface area contributed by atoms with E-state index in [1.807, 2.05) is 19.1 Å². The summed E-state index contributed by atoms with van der Waals surface area (Å²) in [5, 5.41) is 13.2. The third-order valence-corrected chi connectivity index (χ3v) is 7.59. The predicted octanol–water partition coefficient (Wildman–Crippen LogP) is 4.05. The summed E-state index contributed by atoms with van der Waals surface area (Å²) in [5.41, 5.74) is 1.48. The van der Waals surface area contributed by atoms with Gasteiger partial charge in [0.15, 0.2) is 0 Å². The number of carbonyl (C=O) groups is 3. The molecule has 0 radical (unpaired) electrons. The summed E-state index contributed by atoms with van der Waals surface area (Å²) < 4.78 is 5.39. The van der Waals surface area contributed by atoms with Crippen molar-refractivity contribution >= 4 is 34.2 Å². The summed E-state index contributed by atoms with van der Waals surface area (Å²) in [6.07, 6.45) is 10.1. The molecule has 156 valence electrons. The second kappa shape index (κ2) is 8.30. The summed E-state index contributed by atoms with van der Waals surface area (Å²) >= 11 is 1.45. The highest BCUT2D eigenvalue weighted by Gasteiger charge is 2.48. The fraction of sp³-hybridized carbons (Fsp3) is 0.591. The third kappa shape index (κ3) is 3.72. The van der Waals surface area contributed by atoms with Gasteiger partial charge in [0.05, 0.1) is 24.0 Å². The summed E-state index contributed by atoms with van der Waals surface area (Å²) in [6, 6.07) is 0. The monoisotopic (exact) mass is 417 g/mol. The molecule has 2 bridgehead atoms. The third-order valence-electron chi connectivity index (χ3n) is 6.39. The molecule has 4 atom stereocenters. The number of aryl methyl sites for hydroxylation is 1. The molecule has 2 N–H and O–H groups in total. The Hall–Kier alpha value is -2.15. The van der Waals surface area contributed by atoms with Crippen molar-refractivity contribution in [3.8, 4) is 0 Å². The van der Waals surface area contributed by atoms with E-state index in [9.17, 15) is 19.5 Å². The maximum absolute atomic E-state index is 13.2. The normalized spacial score (nSPS) is 27.3. The highest BCUT2D eigenvalue weighted by molar-refractivity contribution is 7.17. The smallest absolute Gasteiger partial charge is 0.341 e. The van der Waals surface area contributed by atoms with Crippen LogP contribution < -0.4 is 5.32 Å². The lowest BCUT2D eigenvalue weighted by molar-refractivity contribution is -0.151. The number of rotatable bonds is 6. The first kappa shape index (κ1) is 20.1. The van der Waals surface area contributed by atoms with E-state index in [2.05, 4.69) is 5.32 Å². The van der Waals surface area contributed by atoms with E-state index in [0.29, 0.717) is 17.2 Å². The molecule has 0 spiro atoms. The van der Waals surface area contributed by atoms with E-state index < -0.39 is 17.8 Å². The maximum atomic E-state index is 13.2. The minimum Gasteiger partial charge on any atom is -0.481 e. The van der Waals surface area contributed by atoms with Crippen LogP contribution in [0.25, 0.3) is 0 Å². The number of hydrogen-bond acceptors (Lipinski definition) is 5. The van der Waals surface area contributed by atoms with Crippen molar-refractivity contribution in [1.82, 2.24) is 0 Å². The number of carboxylic acid groups (broad SMARTS) is 1. The number of ether oxygens (including phenoxy) is 1. The number of nitrogens with one attached hydrogen (secondary N) is 1. The molecular formula is C22H27NO5S. The summed E-state index contributed by atoms with van der Waals surface area (Å²) in [4.78, 5) is 39.0. The molecular weight excluding hydrogens is 390 g/mol. The fourth-order valence-electron chi connectivity index (χ4n) is 5.02.